The van der Waals surface area contributed by atoms with Crippen molar-refractivity contribution in [3.8, 4) is 0 Å². The van der Waals surface area contributed by atoms with Crippen LogP contribution in [0.25, 0.3) is 0 Å². The molecule has 2 rings (SSSR count). The van der Waals surface area contributed by atoms with Crippen LogP contribution in [-0.2, 0) is 31.2 Å². The minimum atomic E-state index is -0.662. The maximum atomic E-state index is 6.09. The smallest absolute Gasteiger partial charge is 1.00 e. The number of allylic oxidation sites excluding steroid dienone is 5. The van der Waals surface area contributed by atoms with Crippen molar-refractivity contribution < 1.29 is 56.0 Å². The predicted octanol–water partition coefficient (Wildman–Crippen LogP) is -1.93. The van der Waals surface area contributed by atoms with E-state index >= 15 is 0 Å². The second kappa shape index (κ2) is 9.92. The topological polar surface area (TPSA) is 18.5 Å². The summed E-state index contributed by atoms with van der Waals surface area (Å²) in [4.78, 5) is 0. The number of halogens is 2. The Kier molecular flexibility index (Phi) is 11.0. The van der Waals surface area contributed by atoms with Gasteiger partial charge in [-0.25, -0.2) is 6.08 Å². The minimum absolute atomic E-state index is 0. The summed E-state index contributed by atoms with van der Waals surface area (Å²) in [5.41, 5.74) is 2.38. The minimum Gasteiger partial charge on any atom is -1.00 e. The summed E-state index contributed by atoms with van der Waals surface area (Å²) in [7, 11) is 0. The molecule has 0 aromatic carbocycles. The summed E-state index contributed by atoms with van der Waals surface area (Å²) < 4.78 is 12.2. The van der Waals surface area contributed by atoms with Crippen molar-refractivity contribution in [2.24, 2.45) is 0 Å². The van der Waals surface area contributed by atoms with Crippen LogP contribution in [0.1, 0.15) is 40.5 Å². The van der Waals surface area contributed by atoms with Crippen LogP contribution in [0.4, 0.5) is 0 Å². The molecule has 21 heavy (non-hydrogen) atoms. The van der Waals surface area contributed by atoms with Crippen LogP contribution in [-0.4, -0.2) is 11.9 Å². The van der Waals surface area contributed by atoms with E-state index in [1.165, 1.54) is 5.57 Å². The molecular formula is C16H21Cl2O2Ti. The van der Waals surface area contributed by atoms with E-state index in [2.05, 4.69) is 32.1 Å². The molecule has 0 aliphatic heterocycles. The SMILES string of the molecule is CC1=CCC(OC2=[C-]CC=C2)(OC(C)C)C(C)=C1.[Cl-].[Cl-].[Ti+3]. The van der Waals surface area contributed by atoms with Crippen LogP contribution in [0, 0.1) is 6.08 Å². The fraction of sp³-hybridized carbons (Fsp3) is 0.500. The predicted molar refractivity (Wildman–Crippen MR) is 72.7 cm³/mol. The first-order valence-electron chi connectivity index (χ1n) is 6.51. The van der Waals surface area contributed by atoms with E-state index < -0.39 is 5.79 Å². The maximum absolute atomic E-state index is 6.09. The van der Waals surface area contributed by atoms with Crippen LogP contribution in [0.3, 0.4) is 0 Å². The molecule has 2 nitrogen and oxygen atoms in total. The number of rotatable bonds is 4. The fourth-order valence-corrected chi connectivity index (χ4v) is 2.27. The number of ether oxygens (including phenoxy) is 2. The summed E-state index contributed by atoms with van der Waals surface area (Å²) >= 11 is 0. The Balaban J connectivity index is 0. The quantitative estimate of drug-likeness (QED) is 0.329. The van der Waals surface area contributed by atoms with Gasteiger partial charge in [-0.2, -0.15) is 12.2 Å². The Bertz CT molecular complexity index is 453. The fourth-order valence-electron chi connectivity index (χ4n) is 2.27. The van der Waals surface area contributed by atoms with Crippen molar-refractivity contribution in [1.82, 2.24) is 0 Å². The Morgan fingerprint density at radius 3 is 2.38 bits per heavy atom. The third kappa shape index (κ3) is 5.96. The summed E-state index contributed by atoms with van der Waals surface area (Å²) in [6, 6.07) is 0. The monoisotopic (exact) mass is 363 g/mol. The molecule has 0 aromatic rings. The Hall–Kier alpha value is 0.0143. The van der Waals surface area contributed by atoms with Crippen molar-refractivity contribution >= 4 is 0 Å². The zero-order valence-corrected chi connectivity index (χ0v) is 15.9. The van der Waals surface area contributed by atoms with Gasteiger partial charge in [-0.1, -0.05) is 17.7 Å². The molecule has 0 heterocycles. The molecule has 1 radical (unpaired) electrons. The summed E-state index contributed by atoms with van der Waals surface area (Å²) in [6.07, 6.45) is 13.2. The first-order chi connectivity index (χ1) is 8.52. The van der Waals surface area contributed by atoms with Gasteiger partial charge in [0.05, 0.1) is 6.10 Å². The molecule has 0 N–H and O–H groups in total. The molecule has 1 atom stereocenters. The van der Waals surface area contributed by atoms with E-state index in [0.717, 1.165) is 24.2 Å². The molecule has 0 saturated heterocycles. The normalized spacial score (nSPS) is 23.2. The van der Waals surface area contributed by atoms with E-state index in [4.69, 9.17) is 9.47 Å². The van der Waals surface area contributed by atoms with Gasteiger partial charge in [-0.15, -0.1) is 6.42 Å². The van der Waals surface area contributed by atoms with Gasteiger partial charge in [0.1, 0.15) is 0 Å². The maximum Gasteiger partial charge on any atom is 3.00 e. The molecule has 0 aromatic heterocycles. The number of hydrogen-bond donors (Lipinski definition) is 0. The van der Waals surface area contributed by atoms with E-state index in [9.17, 15) is 0 Å². The van der Waals surface area contributed by atoms with Gasteiger partial charge in [-0.05, 0) is 39.0 Å². The van der Waals surface area contributed by atoms with Gasteiger partial charge in [-0.3, -0.25) is 0 Å². The van der Waals surface area contributed by atoms with Gasteiger partial charge >= 0.3 is 21.7 Å². The molecule has 0 fully saturated rings. The molecule has 2 aliphatic carbocycles. The zero-order chi connectivity index (χ0) is 13.2. The standard InChI is InChI=1S/C16H21O2.2ClH.Ti/c1-12(2)17-16(18-15-7-5-6-8-15)10-9-13(3)11-14(16)4;;;/h5,7,9,11-12H,6,10H2,1-4H3;2*1H;/q-1;;;+3/p-2. The van der Waals surface area contributed by atoms with Gasteiger partial charge in [0.25, 0.3) is 0 Å². The Labute approximate surface area is 155 Å². The van der Waals surface area contributed by atoms with Crippen molar-refractivity contribution in [2.75, 3.05) is 0 Å². The molecular weight excluding hydrogens is 343 g/mol. The van der Waals surface area contributed by atoms with Crippen LogP contribution >= 0.6 is 0 Å². The van der Waals surface area contributed by atoms with E-state index in [0.29, 0.717) is 0 Å². The molecule has 1 unspecified atom stereocenters. The average Bonchev–Trinajstić information content (AvgIpc) is 2.76. The summed E-state index contributed by atoms with van der Waals surface area (Å²) in [6.45, 7) is 8.24. The molecule has 2 aliphatic rings. The molecule has 0 amide bonds. The Morgan fingerprint density at radius 1 is 1.24 bits per heavy atom. The van der Waals surface area contributed by atoms with Crippen molar-refractivity contribution in [3.63, 3.8) is 0 Å². The van der Waals surface area contributed by atoms with Gasteiger partial charge in [0.2, 0.25) is 5.79 Å². The Morgan fingerprint density at radius 2 is 1.90 bits per heavy atom. The van der Waals surface area contributed by atoms with Crippen molar-refractivity contribution in [2.45, 2.75) is 52.4 Å². The third-order valence-electron chi connectivity index (χ3n) is 3.10. The van der Waals surface area contributed by atoms with E-state index in [1.54, 1.807) is 0 Å². The van der Waals surface area contributed by atoms with Gasteiger partial charge in [0, 0.05) is 6.42 Å². The van der Waals surface area contributed by atoms with Crippen LogP contribution in [0.5, 0.6) is 0 Å². The van der Waals surface area contributed by atoms with Crippen molar-refractivity contribution in [3.05, 3.63) is 47.3 Å². The second-order valence-corrected chi connectivity index (χ2v) is 5.15. The van der Waals surface area contributed by atoms with Gasteiger partial charge < -0.3 is 34.3 Å². The first kappa shape index (κ1) is 23.3. The van der Waals surface area contributed by atoms with Crippen molar-refractivity contribution in [1.29, 1.82) is 0 Å². The molecule has 5 heteroatoms. The second-order valence-electron chi connectivity index (χ2n) is 5.15. The van der Waals surface area contributed by atoms with Crippen LogP contribution in [0.15, 0.2) is 41.2 Å². The number of hydrogen-bond acceptors (Lipinski definition) is 2. The molecule has 115 valence electrons. The van der Waals surface area contributed by atoms with Gasteiger partial charge in [0.15, 0.2) is 0 Å². The summed E-state index contributed by atoms with van der Waals surface area (Å²) in [5.74, 6) is 0.126. The first-order valence-corrected chi connectivity index (χ1v) is 6.51. The molecule has 0 saturated carbocycles. The van der Waals surface area contributed by atoms with E-state index in [-0.39, 0.29) is 52.6 Å². The molecule has 0 bridgehead atoms. The van der Waals surface area contributed by atoms with Crippen LogP contribution < -0.4 is 24.8 Å². The van der Waals surface area contributed by atoms with Crippen LogP contribution in [0.2, 0.25) is 0 Å². The third-order valence-corrected chi connectivity index (χ3v) is 3.10. The van der Waals surface area contributed by atoms with E-state index in [1.807, 2.05) is 26.0 Å². The summed E-state index contributed by atoms with van der Waals surface area (Å²) in [5, 5.41) is 0. The zero-order valence-electron chi connectivity index (χ0n) is 12.9. The molecule has 0 spiro atoms. The largest absolute Gasteiger partial charge is 3.00 e. The average molecular weight is 364 g/mol.